The van der Waals surface area contributed by atoms with Crippen LogP contribution in [-0.4, -0.2) is 37.2 Å². The molecule has 6 nitrogen and oxygen atoms in total. The molecular formula is C62H108O6. The number of ether oxygens (including phenoxy) is 3. The van der Waals surface area contributed by atoms with Gasteiger partial charge in [-0.25, -0.2) is 0 Å². The van der Waals surface area contributed by atoms with Gasteiger partial charge in [0.25, 0.3) is 0 Å². The number of unbranched alkanes of at least 4 members (excludes halogenated alkanes) is 30. The minimum Gasteiger partial charge on any atom is -0.462 e. The van der Waals surface area contributed by atoms with Crippen molar-refractivity contribution in [1.29, 1.82) is 0 Å². The van der Waals surface area contributed by atoms with Gasteiger partial charge in [0.2, 0.25) is 0 Å². The molecule has 0 saturated carbocycles. The van der Waals surface area contributed by atoms with E-state index < -0.39 is 6.10 Å². The second-order valence-electron chi connectivity index (χ2n) is 19.2. The van der Waals surface area contributed by atoms with Crippen LogP contribution >= 0.6 is 0 Å². The average Bonchev–Trinajstić information content (AvgIpc) is 3.34. The molecule has 0 aromatic carbocycles. The quantitative estimate of drug-likeness (QED) is 0.0199. The number of allylic oxidation sites excluding steroid dienone is 12. The molecule has 1 unspecified atom stereocenters. The first kappa shape index (κ1) is 64.8. The van der Waals surface area contributed by atoms with Gasteiger partial charge in [-0.2, -0.15) is 0 Å². The van der Waals surface area contributed by atoms with Crippen LogP contribution in [0.4, 0.5) is 0 Å². The van der Waals surface area contributed by atoms with Crippen LogP contribution in [0.1, 0.15) is 284 Å². The van der Waals surface area contributed by atoms with Crippen molar-refractivity contribution in [3.05, 3.63) is 72.9 Å². The van der Waals surface area contributed by atoms with E-state index >= 15 is 0 Å². The van der Waals surface area contributed by atoms with E-state index in [2.05, 4.69) is 93.7 Å². The molecule has 0 aromatic heterocycles. The highest BCUT2D eigenvalue weighted by molar-refractivity contribution is 5.71. The molecule has 0 aromatic rings. The standard InChI is InChI=1S/C62H108O6/c1-4-7-10-13-16-19-22-25-28-30-31-32-35-37-40-43-46-49-52-55-61(64)67-58-59(57-66-60(63)54-51-48-45-42-39-36-33-27-24-21-18-15-12-9-6-3)68-62(65)56-53-50-47-44-41-38-34-29-26-23-20-17-14-11-8-5-2/h7,10,16,19,21,24-25,28-29,34,38,41,59H,4-6,8-9,11-15,17-18,20,22-23,26-27,30-33,35-37,39-40,42-58H2,1-3H3/b10-7-,19-16-,24-21-,28-25-,34-29-,41-38-. The Hall–Kier alpha value is -3.15. The molecule has 0 N–H and O–H groups in total. The molecule has 0 aliphatic rings. The zero-order valence-electron chi connectivity index (χ0n) is 44.9. The molecule has 6 heteroatoms. The van der Waals surface area contributed by atoms with Crippen LogP contribution in [0.2, 0.25) is 0 Å². The highest BCUT2D eigenvalue weighted by atomic mass is 16.6. The minimum absolute atomic E-state index is 0.0893. The van der Waals surface area contributed by atoms with E-state index in [9.17, 15) is 14.4 Å². The van der Waals surface area contributed by atoms with Crippen molar-refractivity contribution in [3.63, 3.8) is 0 Å². The largest absolute Gasteiger partial charge is 0.462 e. The van der Waals surface area contributed by atoms with E-state index in [-0.39, 0.29) is 31.1 Å². The van der Waals surface area contributed by atoms with Crippen LogP contribution in [0.25, 0.3) is 0 Å². The maximum Gasteiger partial charge on any atom is 0.306 e. The lowest BCUT2D eigenvalue weighted by Crippen LogP contribution is -2.30. The van der Waals surface area contributed by atoms with Gasteiger partial charge in [-0.15, -0.1) is 0 Å². The number of esters is 3. The van der Waals surface area contributed by atoms with Crippen molar-refractivity contribution >= 4 is 17.9 Å². The van der Waals surface area contributed by atoms with Gasteiger partial charge in [0.05, 0.1) is 0 Å². The van der Waals surface area contributed by atoms with Crippen molar-refractivity contribution in [2.45, 2.75) is 290 Å². The third-order valence-electron chi connectivity index (χ3n) is 12.4. The van der Waals surface area contributed by atoms with E-state index in [0.717, 1.165) is 89.9 Å². The Bertz CT molecular complexity index is 1270. The fourth-order valence-corrected chi connectivity index (χ4v) is 8.09. The highest BCUT2D eigenvalue weighted by Crippen LogP contribution is 2.15. The van der Waals surface area contributed by atoms with Gasteiger partial charge < -0.3 is 14.2 Å². The van der Waals surface area contributed by atoms with Gasteiger partial charge in [0, 0.05) is 19.3 Å². The summed E-state index contributed by atoms with van der Waals surface area (Å²) in [6, 6.07) is 0. The summed E-state index contributed by atoms with van der Waals surface area (Å²) < 4.78 is 16.8. The third-order valence-corrected chi connectivity index (χ3v) is 12.4. The lowest BCUT2D eigenvalue weighted by atomic mass is 10.1. The number of carbonyl (C=O) groups is 3. The first-order valence-corrected chi connectivity index (χ1v) is 29.0. The lowest BCUT2D eigenvalue weighted by Gasteiger charge is -2.18. The summed E-state index contributed by atoms with van der Waals surface area (Å²) in [6.07, 6.45) is 71.7. The summed E-state index contributed by atoms with van der Waals surface area (Å²) in [6.45, 7) is 6.50. The molecule has 0 heterocycles. The topological polar surface area (TPSA) is 78.9 Å². The maximum atomic E-state index is 12.8. The molecule has 0 spiro atoms. The Balaban J connectivity index is 4.41. The molecule has 0 amide bonds. The van der Waals surface area contributed by atoms with Crippen LogP contribution in [0, 0.1) is 0 Å². The van der Waals surface area contributed by atoms with Gasteiger partial charge in [-0.05, 0) is 103 Å². The van der Waals surface area contributed by atoms with Crippen molar-refractivity contribution in [1.82, 2.24) is 0 Å². The Kier molecular flexibility index (Phi) is 53.8. The van der Waals surface area contributed by atoms with E-state index in [1.165, 1.54) is 154 Å². The molecule has 0 saturated heterocycles. The van der Waals surface area contributed by atoms with Crippen LogP contribution < -0.4 is 0 Å². The Morgan fingerprint density at radius 2 is 0.618 bits per heavy atom. The smallest absolute Gasteiger partial charge is 0.306 e. The molecule has 0 aliphatic carbocycles. The molecule has 392 valence electrons. The average molecular weight is 950 g/mol. The summed E-state index contributed by atoms with van der Waals surface area (Å²) in [4.78, 5) is 38.2. The van der Waals surface area contributed by atoms with Gasteiger partial charge in [0.1, 0.15) is 13.2 Å². The van der Waals surface area contributed by atoms with Crippen LogP contribution in [0.15, 0.2) is 72.9 Å². The van der Waals surface area contributed by atoms with Gasteiger partial charge in [-0.3, -0.25) is 14.4 Å². The van der Waals surface area contributed by atoms with Crippen LogP contribution in [-0.2, 0) is 28.6 Å². The SMILES string of the molecule is CC/C=C\C/C=C\C/C=C\CCCCCCCCCCCC(=O)OCC(COC(=O)CCCCCCCCC/C=C\CCCCCC)OC(=O)CCCCC/C=C\C=C/CCCCCCCCC. The first-order valence-electron chi connectivity index (χ1n) is 29.0. The molecule has 0 aliphatic heterocycles. The van der Waals surface area contributed by atoms with Gasteiger partial charge in [0.15, 0.2) is 6.10 Å². The second kappa shape index (κ2) is 56.4. The van der Waals surface area contributed by atoms with E-state index in [4.69, 9.17) is 14.2 Å². The van der Waals surface area contributed by atoms with Crippen molar-refractivity contribution in [2.24, 2.45) is 0 Å². The normalized spacial score (nSPS) is 12.6. The van der Waals surface area contributed by atoms with E-state index in [1.807, 2.05) is 0 Å². The van der Waals surface area contributed by atoms with Crippen molar-refractivity contribution in [2.75, 3.05) is 13.2 Å². The fraction of sp³-hybridized carbons (Fsp3) is 0.758. The Morgan fingerprint density at radius 3 is 1.03 bits per heavy atom. The maximum absolute atomic E-state index is 12.8. The lowest BCUT2D eigenvalue weighted by molar-refractivity contribution is -0.167. The fourth-order valence-electron chi connectivity index (χ4n) is 8.09. The monoisotopic (exact) mass is 949 g/mol. The first-order chi connectivity index (χ1) is 33.5. The molecule has 1 atom stereocenters. The zero-order chi connectivity index (χ0) is 49.3. The molecule has 0 fully saturated rings. The highest BCUT2D eigenvalue weighted by Gasteiger charge is 2.19. The Morgan fingerprint density at radius 1 is 0.324 bits per heavy atom. The summed E-state index contributed by atoms with van der Waals surface area (Å²) in [7, 11) is 0. The summed E-state index contributed by atoms with van der Waals surface area (Å²) in [5, 5.41) is 0. The summed E-state index contributed by atoms with van der Waals surface area (Å²) in [5.41, 5.74) is 0. The zero-order valence-corrected chi connectivity index (χ0v) is 44.9. The summed E-state index contributed by atoms with van der Waals surface area (Å²) >= 11 is 0. The number of rotatable bonds is 52. The molecule has 68 heavy (non-hydrogen) atoms. The molecule has 0 radical (unpaired) electrons. The third kappa shape index (κ3) is 53.8. The second-order valence-corrected chi connectivity index (χ2v) is 19.2. The predicted octanol–water partition coefficient (Wildman–Crippen LogP) is 19.4. The molecule has 0 rings (SSSR count). The van der Waals surface area contributed by atoms with E-state index in [1.54, 1.807) is 0 Å². The predicted molar refractivity (Wildman–Crippen MR) is 293 cm³/mol. The minimum atomic E-state index is -0.793. The number of carbonyl (C=O) groups excluding carboxylic acids is 3. The Labute approximate surface area is 421 Å². The van der Waals surface area contributed by atoms with Crippen molar-refractivity contribution < 1.29 is 28.6 Å². The summed E-state index contributed by atoms with van der Waals surface area (Å²) in [5.74, 6) is -0.917. The van der Waals surface area contributed by atoms with Gasteiger partial charge >= 0.3 is 17.9 Å². The van der Waals surface area contributed by atoms with Crippen LogP contribution in [0.3, 0.4) is 0 Å². The van der Waals surface area contributed by atoms with Gasteiger partial charge in [-0.1, -0.05) is 235 Å². The van der Waals surface area contributed by atoms with Crippen molar-refractivity contribution in [3.8, 4) is 0 Å². The van der Waals surface area contributed by atoms with E-state index in [0.29, 0.717) is 19.3 Å². The number of hydrogen-bond donors (Lipinski definition) is 0. The molecular weight excluding hydrogens is 841 g/mol. The van der Waals surface area contributed by atoms with Crippen LogP contribution in [0.5, 0.6) is 0 Å². The molecule has 0 bridgehead atoms. The number of hydrogen-bond acceptors (Lipinski definition) is 6.